The van der Waals surface area contributed by atoms with Crippen LogP contribution in [0.2, 0.25) is 0 Å². The topological polar surface area (TPSA) is 82.3 Å². The summed E-state index contributed by atoms with van der Waals surface area (Å²) >= 11 is 0. The van der Waals surface area contributed by atoms with Gasteiger partial charge in [0.15, 0.2) is 0 Å². The molecule has 1 aromatic rings. The molecule has 1 aromatic carbocycles. The van der Waals surface area contributed by atoms with Gasteiger partial charge in [-0.25, -0.2) is 0 Å². The molecule has 1 aliphatic rings. The van der Waals surface area contributed by atoms with E-state index in [0.717, 1.165) is 12.8 Å². The molecule has 0 aliphatic heterocycles. The molecule has 6 nitrogen and oxygen atoms in total. The van der Waals surface area contributed by atoms with E-state index in [2.05, 4.69) is 45.5 Å². The van der Waals surface area contributed by atoms with E-state index in [1.165, 1.54) is 11.1 Å². The van der Waals surface area contributed by atoms with Crippen molar-refractivity contribution in [3.63, 3.8) is 0 Å². The highest BCUT2D eigenvalue weighted by Crippen LogP contribution is 2.29. The lowest BCUT2D eigenvalue weighted by atomic mass is 9.95. The van der Waals surface area contributed by atoms with Crippen molar-refractivity contribution in [1.82, 2.24) is 21.3 Å². The number of carbonyl (C=O) groups excluding carboxylic acids is 2. The molecule has 2 rings (SSSR count). The third kappa shape index (κ3) is 5.30. The summed E-state index contributed by atoms with van der Waals surface area (Å²) in [6.07, 6.45) is 1.88. The molecule has 0 fully saturated rings. The predicted molar refractivity (Wildman–Crippen MR) is 109 cm³/mol. The average molecular weight is 375 g/mol. The molecule has 0 saturated heterocycles. The Bertz CT molecular complexity index is 634. The lowest BCUT2D eigenvalue weighted by molar-refractivity contribution is -0.130. The van der Waals surface area contributed by atoms with Gasteiger partial charge in [-0.2, -0.15) is 0 Å². The molecule has 6 heteroatoms. The van der Waals surface area contributed by atoms with Crippen LogP contribution in [0.3, 0.4) is 0 Å². The van der Waals surface area contributed by atoms with E-state index in [1.54, 1.807) is 0 Å². The zero-order valence-corrected chi connectivity index (χ0v) is 17.2. The molecule has 27 heavy (non-hydrogen) atoms. The van der Waals surface area contributed by atoms with Crippen LogP contribution in [0.4, 0.5) is 0 Å². The maximum absolute atomic E-state index is 12.6. The van der Waals surface area contributed by atoms with Crippen molar-refractivity contribution in [3.05, 3.63) is 35.4 Å². The number of hydrogen-bond acceptors (Lipinski definition) is 4. The Morgan fingerprint density at radius 2 is 1.67 bits per heavy atom. The number of amides is 2. The van der Waals surface area contributed by atoms with E-state index in [9.17, 15) is 9.59 Å². The molecule has 0 saturated carbocycles. The maximum atomic E-state index is 12.6. The average Bonchev–Trinajstić information content (AvgIpc) is 3.03. The van der Waals surface area contributed by atoms with Crippen LogP contribution in [0.1, 0.15) is 38.8 Å². The molecular formula is C21H34N4O2. The second-order valence-corrected chi connectivity index (χ2v) is 7.88. The molecule has 150 valence electrons. The minimum Gasteiger partial charge on any atom is -0.355 e. The van der Waals surface area contributed by atoms with Gasteiger partial charge in [-0.3, -0.25) is 9.59 Å². The highest BCUT2D eigenvalue weighted by Gasteiger charge is 2.36. The third-order valence-electron chi connectivity index (χ3n) is 5.44. The van der Waals surface area contributed by atoms with Crippen LogP contribution < -0.4 is 21.3 Å². The van der Waals surface area contributed by atoms with E-state index in [1.807, 2.05) is 34.7 Å². The summed E-state index contributed by atoms with van der Waals surface area (Å²) < 4.78 is 0. The fourth-order valence-electron chi connectivity index (χ4n) is 3.62. The Morgan fingerprint density at radius 1 is 1.07 bits per heavy atom. The Hall–Kier alpha value is -1.92. The molecular weight excluding hydrogens is 340 g/mol. The first kappa shape index (κ1) is 21.4. The number of benzene rings is 1. The van der Waals surface area contributed by atoms with Crippen LogP contribution in [-0.2, 0) is 22.4 Å². The van der Waals surface area contributed by atoms with Crippen molar-refractivity contribution in [1.29, 1.82) is 0 Å². The first-order chi connectivity index (χ1) is 12.8. The Morgan fingerprint density at radius 3 is 2.15 bits per heavy atom. The molecule has 0 aromatic heterocycles. The van der Waals surface area contributed by atoms with Crippen LogP contribution in [0, 0.1) is 5.92 Å². The molecule has 0 heterocycles. The van der Waals surface area contributed by atoms with Crippen molar-refractivity contribution in [2.24, 2.45) is 5.92 Å². The van der Waals surface area contributed by atoms with Gasteiger partial charge >= 0.3 is 0 Å². The molecule has 1 aliphatic carbocycles. The van der Waals surface area contributed by atoms with E-state index >= 15 is 0 Å². The molecule has 0 unspecified atom stereocenters. The van der Waals surface area contributed by atoms with Gasteiger partial charge in [0.2, 0.25) is 11.8 Å². The van der Waals surface area contributed by atoms with Gasteiger partial charge < -0.3 is 21.3 Å². The zero-order valence-electron chi connectivity index (χ0n) is 17.2. The predicted octanol–water partition coefficient (Wildman–Crippen LogP) is 0.998. The van der Waals surface area contributed by atoms with Gasteiger partial charge in [-0.1, -0.05) is 38.1 Å². The second-order valence-electron chi connectivity index (χ2n) is 7.88. The van der Waals surface area contributed by atoms with E-state index < -0.39 is 6.04 Å². The summed E-state index contributed by atoms with van der Waals surface area (Å²) in [7, 11) is 1.97. The molecule has 2 amide bonds. The number of likely N-dealkylation sites (N-methyl/N-ethyl adjacent to an activating group) is 2. The van der Waals surface area contributed by atoms with Crippen molar-refractivity contribution >= 4 is 11.8 Å². The fraction of sp³-hybridized carbons (Fsp3) is 0.619. The van der Waals surface area contributed by atoms with Crippen LogP contribution in [-0.4, -0.2) is 49.6 Å². The van der Waals surface area contributed by atoms with E-state index in [-0.39, 0.29) is 29.3 Å². The van der Waals surface area contributed by atoms with Gasteiger partial charge in [0.25, 0.3) is 0 Å². The van der Waals surface area contributed by atoms with E-state index in [4.69, 9.17) is 0 Å². The first-order valence-electron chi connectivity index (χ1n) is 9.89. The number of fused-ring (bicyclic) bond motifs is 1. The standard InChI is InChI=1S/C21H34N4O2/c1-6-23-20(27)18(14(2)3)25-19(26)15(4)24-13-21(22-5)11-16-9-7-8-10-17(16)12-21/h7-10,14-15,18,22,24H,6,11-13H2,1-5H3,(H,23,27)(H,25,26)/t15-,18-/m0/s1. The Balaban J connectivity index is 1.93. The van der Waals surface area contributed by atoms with Crippen molar-refractivity contribution in [3.8, 4) is 0 Å². The number of nitrogens with one attached hydrogen (secondary N) is 4. The molecule has 2 atom stereocenters. The van der Waals surface area contributed by atoms with Gasteiger partial charge in [-0.05, 0) is 50.8 Å². The van der Waals surface area contributed by atoms with Crippen molar-refractivity contribution in [2.45, 2.75) is 58.2 Å². The largest absolute Gasteiger partial charge is 0.355 e. The van der Waals surface area contributed by atoms with Crippen LogP contribution in [0.5, 0.6) is 0 Å². The maximum Gasteiger partial charge on any atom is 0.242 e. The highest BCUT2D eigenvalue weighted by molar-refractivity contribution is 5.89. The minimum atomic E-state index is -0.518. The summed E-state index contributed by atoms with van der Waals surface area (Å²) in [5.74, 6) is -0.256. The summed E-state index contributed by atoms with van der Waals surface area (Å²) in [5, 5.41) is 12.5. The summed E-state index contributed by atoms with van der Waals surface area (Å²) in [6.45, 7) is 8.82. The first-order valence-corrected chi connectivity index (χ1v) is 9.89. The highest BCUT2D eigenvalue weighted by atomic mass is 16.2. The Kier molecular flexibility index (Phi) is 7.39. The normalized spacial score (nSPS) is 17.3. The Labute approximate surface area is 162 Å². The quantitative estimate of drug-likeness (QED) is 0.520. The SMILES string of the molecule is CCNC(=O)[C@@H](NC(=O)[C@H](C)NCC1(NC)Cc2ccccc2C1)C(C)C. The van der Waals surface area contributed by atoms with Gasteiger partial charge in [0.1, 0.15) is 6.04 Å². The fourth-order valence-corrected chi connectivity index (χ4v) is 3.62. The lowest BCUT2D eigenvalue weighted by Gasteiger charge is -2.31. The second kappa shape index (κ2) is 9.33. The third-order valence-corrected chi connectivity index (χ3v) is 5.44. The van der Waals surface area contributed by atoms with Gasteiger partial charge in [-0.15, -0.1) is 0 Å². The van der Waals surface area contributed by atoms with Gasteiger partial charge in [0.05, 0.1) is 6.04 Å². The van der Waals surface area contributed by atoms with Crippen LogP contribution in [0.25, 0.3) is 0 Å². The molecule has 0 spiro atoms. The van der Waals surface area contributed by atoms with E-state index in [0.29, 0.717) is 13.1 Å². The summed E-state index contributed by atoms with van der Waals surface area (Å²) in [6, 6.07) is 7.59. The smallest absolute Gasteiger partial charge is 0.242 e. The van der Waals surface area contributed by atoms with Crippen LogP contribution >= 0.6 is 0 Å². The molecule has 0 radical (unpaired) electrons. The van der Waals surface area contributed by atoms with Crippen LogP contribution in [0.15, 0.2) is 24.3 Å². The lowest BCUT2D eigenvalue weighted by Crippen LogP contribution is -2.58. The van der Waals surface area contributed by atoms with Gasteiger partial charge in [0, 0.05) is 18.6 Å². The summed E-state index contributed by atoms with van der Waals surface area (Å²) in [5.41, 5.74) is 2.64. The number of rotatable bonds is 9. The number of carbonyl (C=O) groups is 2. The zero-order chi connectivity index (χ0) is 20.0. The summed E-state index contributed by atoms with van der Waals surface area (Å²) in [4.78, 5) is 24.8. The molecule has 4 N–H and O–H groups in total. The number of hydrogen-bond donors (Lipinski definition) is 4. The minimum absolute atomic E-state index is 0.0284. The monoisotopic (exact) mass is 374 g/mol. The molecule has 0 bridgehead atoms. The van der Waals surface area contributed by atoms with Crippen molar-refractivity contribution in [2.75, 3.05) is 20.1 Å². The van der Waals surface area contributed by atoms with Crippen molar-refractivity contribution < 1.29 is 9.59 Å².